The molecule has 2 rings (SSSR count). The summed E-state index contributed by atoms with van der Waals surface area (Å²) in [6.45, 7) is 4.23. The minimum absolute atomic E-state index is 0.0985. The lowest BCUT2D eigenvalue weighted by atomic mass is 10.0. The maximum atomic E-state index is 13.4. The third kappa shape index (κ3) is 3.19. The van der Waals surface area contributed by atoms with E-state index in [0.29, 0.717) is 18.0 Å². The minimum atomic E-state index is -0.440. The number of hydrogen-bond donors (Lipinski definition) is 1. The van der Waals surface area contributed by atoms with Crippen molar-refractivity contribution >= 4 is 11.6 Å². The highest BCUT2D eigenvalue weighted by molar-refractivity contribution is 6.31. The van der Waals surface area contributed by atoms with Crippen LogP contribution in [0.15, 0.2) is 30.5 Å². The van der Waals surface area contributed by atoms with E-state index in [2.05, 4.69) is 18.9 Å². The molecule has 108 valence electrons. The van der Waals surface area contributed by atoms with Gasteiger partial charge in [-0.05, 0) is 31.0 Å². The fraction of sp³-hybridized carbons (Fsp3) is 0.400. The predicted octanol–water partition coefficient (Wildman–Crippen LogP) is 3.89. The van der Waals surface area contributed by atoms with E-state index in [1.165, 1.54) is 6.07 Å². The maximum absolute atomic E-state index is 13.4. The number of aromatic nitrogens is 2. The summed E-state index contributed by atoms with van der Waals surface area (Å²) >= 11 is 5.95. The van der Waals surface area contributed by atoms with Gasteiger partial charge in [-0.1, -0.05) is 30.7 Å². The summed E-state index contributed by atoms with van der Waals surface area (Å²) in [4.78, 5) is 0. The van der Waals surface area contributed by atoms with E-state index >= 15 is 0 Å². The standard InChI is InChI=1S/C15H19ClFN3/c1-3-10(2)20-8-7-11(19-20)9-14(18)12-5-4-6-13(17)15(12)16/h4-8,10,14H,3,9,18H2,1-2H3. The first-order chi connectivity index (χ1) is 9.52. The molecule has 0 spiro atoms. The molecule has 0 aliphatic rings. The first-order valence-electron chi connectivity index (χ1n) is 6.76. The van der Waals surface area contributed by atoms with Gasteiger partial charge in [0.1, 0.15) is 5.82 Å². The smallest absolute Gasteiger partial charge is 0.142 e. The predicted molar refractivity (Wildman–Crippen MR) is 79.3 cm³/mol. The Hall–Kier alpha value is -1.39. The molecule has 2 aromatic rings. The van der Waals surface area contributed by atoms with Gasteiger partial charge >= 0.3 is 0 Å². The van der Waals surface area contributed by atoms with Crippen LogP contribution in [0.4, 0.5) is 4.39 Å². The van der Waals surface area contributed by atoms with Gasteiger partial charge in [-0.25, -0.2) is 4.39 Å². The molecule has 0 aliphatic carbocycles. The van der Waals surface area contributed by atoms with Crippen molar-refractivity contribution in [1.29, 1.82) is 0 Å². The van der Waals surface area contributed by atoms with Crippen molar-refractivity contribution in [2.24, 2.45) is 5.73 Å². The molecule has 20 heavy (non-hydrogen) atoms. The van der Waals surface area contributed by atoms with Gasteiger partial charge in [0.2, 0.25) is 0 Å². The summed E-state index contributed by atoms with van der Waals surface area (Å²) < 4.78 is 15.4. The number of hydrogen-bond acceptors (Lipinski definition) is 2. The minimum Gasteiger partial charge on any atom is -0.324 e. The number of rotatable bonds is 5. The Morgan fingerprint density at radius 1 is 1.40 bits per heavy atom. The Bertz CT molecular complexity index is 582. The topological polar surface area (TPSA) is 43.8 Å². The summed E-state index contributed by atoms with van der Waals surface area (Å²) in [5.41, 5.74) is 7.62. The van der Waals surface area contributed by atoms with Crippen molar-refractivity contribution < 1.29 is 4.39 Å². The Labute approximate surface area is 123 Å². The lowest BCUT2D eigenvalue weighted by Crippen LogP contribution is -2.15. The summed E-state index contributed by atoms with van der Waals surface area (Å²) in [7, 11) is 0. The maximum Gasteiger partial charge on any atom is 0.142 e. The van der Waals surface area contributed by atoms with Gasteiger partial charge in [-0.15, -0.1) is 0 Å². The monoisotopic (exact) mass is 295 g/mol. The molecule has 0 radical (unpaired) electrons. The highest BCUT2D eigenvalue weighted by Crippen LogP contribution is 2.26. The van der Waals surface area contributed by atoms with Crippen LogP contribution in [0.3, 0.4) is 0 Å². The van der Waals surface area contributed by atoms with Crippen molar-refractivity contribution in [1.82, 2.24) is 9.78 Å². The van der Waals surface area contributed by atoms with E-state index in [1.807, 2.05) is 16.9 Å². The van der Waals surface area contributed by atoms with Crippen LogP contribution < -0.4 is 5.73 Å². The summed E-state index contributed by atoms with van der Waals surface area (Å²) in [6, 6.07) is 6.64. The lowest BCUT2D eigenvalue weighted by Gasteiger charge is -2.13. The molecule has 0 saturated carbocycles. The number of benzene rings is 1. The third-order valence-corrected chi connectivity index (χ3v) is 3.91. The second-order valence-electron chi connectivity index (χ2n) is 5.00. The van der Waals surface area contributed by atoms with Gasteiger partial charge < -0.3 is 5.73 Å². The second kappa shape index (κ2) is 6.37. The van der Waals surface area contributed by atoms with Crippen LogP contribution in [0.2, 0.25) is 5.02 Å². The van der Waals surface area contributed by atoms with Crippen molar-refractivity contribution in [2.75, 3.05) is 0 Å². The Morgan fingerprint density at radius 2 is 2.15 bits per heavy atom. The number of nitrogens with zero attached hydrogens (tertiary/aromatic N) is 2. The Morgan fingerprint density at radius 3 is 2.85 bits per heavy atom. The zero-order valence-electron chi connectivity index (χ0n) is 11.7. The molecule has 2 N–H and O–H groups in total. The molecule has 1 heterocycles. The number of halogens is 2. The lowest BCUT2D eigenvalue weighted by molar-refractivity contribution is 0.472. The van der Waals surface area contributed by atoms with Crippen LogP contribution in [-0.2, 0) is 6.42 Å². The van der Waals surface area contributed by atoms with E-state index in [4.69, 9.17) is 17.3 Å². The molecule has 0 amide bonds. The molecular formula is C15H19ClFN3. The van der Waals surface area contributed by atoms with Crippen LogP contribution in [0.1, 0.15) is 43.6 Å². The van der Waals surface area contributed by atoms with Crippen LogP contribution in [0.5, 0.6) is 0 Å². The van der Waals surface area contributed by atoms with Crippen molar-refractivity contribution in [3.63, 3.8) is 0 Å². The van der Waals surface area contributed by atoms with Gasteiger partial charge in [-0.3, -0.25) is 4.68 Å². The molecule has 5 heteroatoms. The van der Waals surface area contributed by atoms with Crippen molar-refractivity contribution in [2.45, 2.75) is 38.8 Å². The first-order valence-corrected chi connectivity index (χ1v) is 7.14. The molecule has 1 aromatic carbocycles. The Balaban J connectivity index is 2.13. The fourth-order valence-corrected chi connectivity index (χ4v) is 2.33. The van der Waals surface area contributed by atoms with Crippen molar-refractivity contribution in [3.8, 4) is 0 Å². The average molecular weight is 296 g/mol. The van der Waals surface area contributed by atoms with E-state index in [0.717, 1.165) is 12.1 Å². The SMILES string of the molecule is CCC(C)n1ccc(CC(N)c2cccc(F)c2Cl)n1. The fourth-order valence-electron chi connectivity index (χ4n) is 2.06. The molecule has 0 fully saturated rings. The molecule has 0 bridgehead atoms. The highest BCUT2D eigenvalue weighted by Gasteiger charge is 2.15. The van der Waals surface area contributed by atoms with Gasteiger partial charge in [-0.2, -0.15) is 5.10 Å². The van der Waals surface area contributed by atoms with E-state index in [-0.39, 0.29) is 11.1 Å². The molecule has 3 nitrogen and oxygen atoms in total. The summed E-state index contributed by atoms with van der Waals surface area (Å²) in [5.74, 6) is -0.440. The van der Waals surface area contributed by atoms with Crippen LogP contribution in [0, 0.1) is 5.82 Å². The highest BCUT2D eigenvalue weighted by atomic mass is 35.5. The van der Waals surface area contributed by atoms with Gasteiger partial charge in [0.25, 0.3) is 0 Å². The largest absolute Gasteiger partial charge is 0.324 e. The van der Waals surface area contributed by atoms with E-state index in [9.17, 15) is 4.39 Å². The third-order valence-electron chi connectivity index (χ3n) is 3.52. The summed E-state index contributed by atoms with van der Waals surface area (Å²) in [6.07, 6.45) is 3.50. The Kier molecular flexibility index (Phi) is 4.78. The van der Waals surface area contributed by atoms with E-state index in [1.54, 1.807) is 12.1 Å². The summed E-state index contributed by atoms with van der Waals surface area (Å²) in [5, 5.41) is 4.60. The second-order valence-corrected chi connectivity index (χ2v) is 5.38. The van der Waals surface area contributed by atoms with Gasteiger partial charge in [0.15, 0.2) is 0 Å². The van der Waals surface area contributed by atoms with Crippen LogP contribution in [0.25, 0.3) is 0 Å². The number of nitrogens with two attached hydrogens (primary N) is 1. The van der Waals surface area contributed by atoms with Gasteiger partial charge in [0, 0.05) is 24.7 Å². The van der Waals surface area contributed by atoms with Gasteiger partial charge in [0.05, 0.1) is 10.7 Å². The van der Waals surface area contributed by atoms with E-state index < -0.39 is 5.82 Å². The first kappa shape index (κ1) is 15.0. The molecule has 0 aliphatic heterocycles. The van der Waals surface area contributed by atoms with Crippen LogP contribution >= 0.6 is 11.6 Å². The molecule has 1 aromatic heterocycles. The normalized spacial score (nSPS) is 14.2. The van der Waals surface area contributed by atoms with Crippen molar-refractivity contribution in [3.05, 3.63) is 52.6 Å². The molecule has 0 saturated heterocycles. The zero-order chi connectivity index (χ0) is 14.7. The zero-order valence-corrected chi connectivity index (χ0v) is 12.4. The molecule has 2 atom stereocenters. The molecular weight excluding hydrogens is 277 g/mol. The quantitative estimate of drug-likeness (QED) is 0.909. The van der Waals surface area contributed by atoms with Crippen LogP contribution in [-0.4, -0.2) is 9.78 Å². The average Bonchev–Trinajstić information content (AvgIpc) is 2.89. The molecule has 2 unspecified atom stereocenters.